The second-order valence-electron chi connectivity index (χ2n) is 7.92. The molecule has 4 rings (SSSR count). The monoisotopic (exact) mass is 398 g/mol. The van der Waals surface area contributed by atoms with Gasteiger partial charge in [-0.3, -0.25) is 13.9 Å². The van der Waals surface area contributed by atoms with Crippen molar-refractivity contribution in [3.8, 4) is 11.1 Å². The van der Waals surface area contributed by atoms with Gasteiger partial charge >= 0.3 is 0 Å². The number of aromatic nitrogens is 1. The molecule has 1 fully saturated rings. The minimum atomic E-state index is -2.43. The lowest BCUT2D eigenvalue weighted by atomic mass is 9.90. The number of primary amides is 1. The second kappa shape index (κ2) is 6.95. The van der Waals surface area contributed by atoms with Crippen LogP contribution in [0.5, 0.6) is 0 Å². The lowest BCUT2D eigenvalue weighted by molar-refractivity contribution is 0.100. The van der Waals surface area contributed by atoms with Crippen molar-refractivity contribution in [1.29, 1.82) is 0 Å². The number of fused-ring (bicyclic) bond motifs is 1. The van der Waals surface area contributed by atoms with Crippen LogP contribution in [0.1, 0.15) is 45.8 Å². The van der Waals surface area contributed by atoms with Crippen LogP contribution in [0, 0.1) is 13.8 Å². The first-order valence-corrected chi connectivity index (χ1v) is 11.4. The fraction of sp³-hybridized carbons (Fsp3) is 0.318. The largest absolute Gasteiger partial charge is 0.366 e. The lowest BCUT2D eigenvalue weighted by Gasteiger charge is -2.39. The number of benzene rings is 2. The quantitative estimate of drug-likeness (QED) is 0.489. The van der Waals surface area contributed by atoms with Gasteiger partial charge in [0, 0.05) is 23.1 Å². The Morgan fingerprint density at radius 3 is 2.25 bits per heavy atom. The van der Waals surface area contributed by atoms with Gasteiger partial charge in [0.25, 0.3) is 5.91 Å². The minimum Gasteiger partial charge on any atom is -0.366 e. The highest BCUT2D eigenvalue weighted by Crippen LogP contribution is 2.49. The summed E-state index contributed by atoms with van der Waals surface area (Å²) in [7, 11) is -2.43. The molecule has 0 bridgehead atoms. The van der Waals surface area contributed by atoms with E-state index in [1.807, 2.05) is 12.3 Å². The van der Waals surface area contributed by atoms with Crippen LogP contribution in [-0.4, -0.2) is 31.5 Å². The summed E-state index contributed by atoms with van der Waals surface area (Å²) in [4.78, 5) is 15.4. The van der Waals surface area contributed by atoms with E-state index in [-0.39, 0.29) is 5.92 Å². The average molecular weight is 399 g/mol. The van der Waals surface area contributed by atoms with E-state index < -0.39 is 16.5 Å². The first kappa shape index (κ1) is 19.1. The van der Waals surface area contributed by atoms with Gasteiger partial charge in [0.15, 0.2) is 0 Å². The molecule has 0 saturated carbocycles. The summed E-state index contributed by atoms with van der Waals surface area (Å²) >= 11 is 0. The van der Waals surface area contributed by atoms with Gasteiger partial charge in [-0.2, -0.15) is 10.6 Å². The van der Waals surface area contributed by atoms with E-state index >= 15 is 0 Å². The third-order valence-electron chi connectivity index (χ3n) is 5.67. The normalized spacial score (nSPS) is 18.3. The number of hydrogen-bond acceptors (Lipinski definition) is 3. The van der Waals surface area contributed by atoms with Crippen molar-refractivity contribution >= 4 is 27.4 Å². The Hall–Kier alpha value is -2.28. The molecule has 1 aromatic heterocycles. The number of carbonyl (C=O) groups is 1. The highest BCUT2D eigenvalue weighted by Gasteiger charge is 2.27. The maximum atomic E-state index is 12.1. The summed E-state index contributed by atoms with van der Waals surface area (Å²) < 4.78 is 19.9. The van der Waals surface area contributed by atoms with Crippen LogP contribution in [0.2, 0.25) is 0 Å². The Bertz CT molecular complexity index is 1040. The zero-order valence-corrected chi connectivity index (χ0v) is 17.0. The van der Waals surface area contributed by atoms with Crippen LogP contribution < -0.4 is 5.73 Å². The third-order valence-corrected chi connectivity index (χ3v) is 7.45. The van der Waals surface area contributed by atoms with E-state index in [0.717, 1.165) is 40.4 Å². The van der Waals surface area contributed by atoms with E-state index in [1.54, 1.807) is 0 Å². The fourth-order valence-corrected chi connectivity index (χ4v) is 5.84. The van der Waals surface area contributed by atoms with Crippen LogP contribution >= 0.6 is 10.6 Å². The zero-order valence-electron chi connectivity index (χ0n) is 16.2. The standard InChI is InChI=1S/C22H26N2O3S/c1-13-7-14(2)9-16(8-13)17-10-18-20(15-3-5-28(26,27)6-4-15)12-24-21(18)19(11-17)22(23)25/h7-12,15,24,26-27H,3-6H2,1-2H3,(H2,23,25). The van der Waals surface area contributed by atoms with Crippen LogP contribution in [-0.2, 0) is 0 Å². The number of rotatable bonds is 3. The predicted molar refractivity (Wildman–Crippen MR) is 116 cm³/mol. The summed E-state index contributed by atoms with van der Waals surface area (Å²) in [5.74, 6) is 0.652. The van der Waals surface area contributed by atoms with Gasteiger partial charge in [-0.15, -0.1) is 0 Å². The van der Waals surface area contributed by atoms with Gasteiger partial charge in [-0.25, -0.2) is 0 Å². The molecule has 0 radical (unpaired) electrons. The molecule has 2 heterocycles. The van der Waals surface area contributed by atoms with Crippen molar-refractivity contribution in [2.75, 3.05) is 11.5 Å². The number of amides is 1. The number of carbonyl (C=O) groups excluding carboxylic acids is 1. The Morgan fingerprint density at radius 2 is 1.64 bits per heavy atom. The van der Waals surface area contributed by atoms with Gasteiger partial charge in [0.05, 0.1) is 11.1 Å². The molecule has 2 aromatic carbocycles. The molecule has 3 aromatic rings. The zero-order chi connectivity index (χ0) is 20.1. The summed E-state index contributed by atoms with van der Waals surface area (Å²) in [6, 6.07) is 10.3. The molecule has 1 saturated heterocycles. The Morgan fingerprint density at radius 1 is 1.04 bits per heavy atom. The molecule has 0 unspecified atom stereocenters. The highest BCUT2D eigenvalue weighted by atomic mass is 32.3. The van der Waals surface area contributed by atoms with E-state index in [2.05, 4.69) is 43.1 Å². The Kier molecular flexibility index (Phi) is 4.73. The van der Waals surface area contributed by atoms with Crippen molar-refractivity contribution in [1.82, 2.24) is 4.98 Å². The van der Waals surface area contributed by atoms with Crippen molar-refractivity contribution in [3.05, 3.63) is 58.8 Å². The number of aromatic amines is 1. The van der Waals surface area contributed by atoms with Crippen molar-refractivity contribution in [2.45, 2.75) is 32.6 Å². The minimum absolute atomic E-state index is 0.240. The highest BCUT2D eigenvalue weighted by molar-refractivity contribution is 8.24. The summed E-state index contributed by atoms with van der Waals surface area (Å²) in [6.07, 6.45) is 3.41. The van der Waals surface area contributed by atoms with Gasteiger partial charge in [0.2, 0.25) is 0 Å². The number of hydrogen-bond donors (Lipinski definition) is 4. The maximum Gasteiger partial charge on any atom is 0.250 e. The van der Waals surface area contributed by atoms with E-state index in [0.29, 0.717) is 17.1 Å². The molecule has 5 N–H and O–H groups in total. The maximum absolute atomic E-state index is 12.1. The van der Waals surface area contributed by atoms with E-state index in [9.17, 15) is 13.9 Å². The Labute approximate surface area is 166 Å². The topological polar surface area (TPSA) is 99.3 Å². The van der Waals surface area contributed by atoms with Crippen LogP contribution in [0.3, 0.4) is 0 Å². The molecule has 1 aliphatic rings. The summed E-state index contributed by atoms with van der Waals surface area (Å²) in [6.45, 7) is 4.12. The molecule has 28 heavy (non-hydrogen) atoms. The third kappa shape index (κ3) is 3.55. The molecule has 0 atom stereocenters. The number of nitrogens with two attached hydrogens (primary N) is 1. The number of H-pyrrole nitrogens is 1. The van der Waals surface area contributed by atoms with Gasteiger partial charge < -0.3 is 10.7 Å². The summed E-state index contributed by atoms with van der Waals surface area (Å²) in [5.41, 5.74) is 12.4. The van der Waals surface area contributed by atoms with E-state index in [4.69, 9.17) is 5.73 Å². The molecular formula is C22H26N2O3S. The second-order valence-corrected chi connectivity index (χ2v) is 10.3. The first-order chi connectivity index (χ1) is 13.2. The Balaban J connectivity index is 1.85. The molecule has 5 nitrogen and oxygen atoms in total. The molecule has 0 aliphatic carbocycles. The molecule has 148 valence electrons. The predicted octanol–water partition coefficient (Wildman–Crippen LogP) is 5.18. The molecular weight excluding hydrogens is 372 g/mol. The van der Waals surface area contributed by atoms with E-state index in [1.165, 1.54) is 11.1 Å². The molecule has 1 amide bonds. The fourth-order valence-electron chi connectivity index (χ4n) is 4.31. The van der Waals surface area contributed by atoms with Crippen LogP contribution in [0.25, 0.3) is 22.0 Å². The molecule has 6 heteroatoms. The number of nitrogens with one attached hydrogen (secondary N) is 1. The van der Waals surface area contributed by atoms with Crippen LogP contribution in [0.15, 0.2) is 36.5 Å². The van der Waals surface area contributed by atoms with Crippen molar-refractivity contribution < 1.29 is 13.9 Å². The van der Waals surface area contributed by atoms with Crippen LogP contribution in [0.4, 0.5) is 0 Å². The van der Waals surface area contributed by atoms with Gasteiger partial charge in [0.1, 0.15) is 0 Å². The first-order valence-electron chi connectivity index (χ1n) is 9.50. The van der Waals surface area contributed by atoms with Gasteiger partial charge in [-0.05, 0) is 61.4 Å². The number of aryl methyl sites for hydroxylation is 2. The SMILES string of the molecule is Cc1cc(C)cc(-c2cc(C(N)=O)c3[nH]cc(C4CCS(O)(O)CC4)c3c2)c1. The van der Waals surface area contributed by atoms with Gasteiger partial charge in [-0.1, -0.05) is 29.3 Å². The lowest BCUT2D eigenvalue weighted by Crippen LogP contribution is -2.19. The molecule has 0 spiro atoms. The van der Waals surface area contributed by atoms with Crippen molar-refractivity contribution in [3.63, 3.8) is 0 Å². The molecule has 1 aliphatic heterocycles. The smallest absolute Gasteiger partial charge is 0.250 e. The summed E-state index contributed by atoms with van der Waals surface area (Å²) in [5, 5.41) is 0.994. The average Bonchev–Trinajstić information content (AvgIpc) is 3.04. The van der Waals surface area contributed by atoms with Crippen molar-refractivity contribution in [2.24, 2.45) is 5.73 Å².